The highest BCUT2D eigenvalue weighted by Crippen LogP contribution is 2.35. The quantitative estimate of drug-likeness (QED) is 0.749. The Bertz CT molecular complexity index is 1070. The highest BCUT2D eigenvalue weighted by Gasteiger charge is 2.26. The van der Waals surface area contributed by atoms with Crippen molar-refractivity contribution in [3.63, 3.8) is 0 Å². The molecular weight excluding hydrogens is 367 g/mol. The van der Waals surface area contributed by atoms with Crippen LogP contribution in [0.15, 0.2) is 29.1 Å². The molecule has 1 aliphatic carbocycles. The van der Waals surface area contributed by atoms with Crippen LogP contribution in [0.5, 0.6) is 0 Å². The van der Waals surface area contributed by atoms with Gasteiger partial charge in [0, 0.05) is 10.6 Å². The lowest BCUT2D eigenvalue weighted by Gasteiger charge is -2.17. The van der Waals surface area contributed by atoms with E-state index in [-0.39, 0.29) is 11.4 Å². The molecule has 1 aromatic carbocycles. The maximum Gasteiger partial charge on any atom is 0.279 e. The minimum Gasteiger partial charge on any atom is -0.324 e. The number of aryl methyl sites for hydroxylation is 1. The fraction of sp³-hybridized carbons (Fsp3) is 0.368. The maximum absolute atomic E-state index is 13.0. The summed E-state index contributed by atoms with van der Waals surface area (Å²) in [4.78, 5) is 27.4. The molecule has 140 valence electrons. The van der Waals surface area contributed by atoms with Crippen molar-refractivity contribution in [3.05, 3.63) is 50.9 Å². The molecule has 3 aromatic rings. The second-order valence-electron chi connectivity index (χ2n) is 7.04. The van der Waals surface area contributed by atoms with Gasteiger partial charge in [-0.3, -0.25) is 9.59 Å². The van der Waals surface area contributed by atoms with Crippen LogP contribution in [0.2, 0.25) is 0 Å². The van der Waals surface area contributed by atoms with Crippen LogP contribution < -0.4 is 10.9 Å². The van der Waals surface area contributed by atoms with Crippen LogP contribution >= 0.6 is 11.3 Å². The molecule has 0 aliphatic heterocycles. The van der Waals surface area contributed by atoms with E-state index in [4.69, 9.17) is 0 Å². The number of nitrogens with zero attached hydrogens (tertiary/aromatic N) is 3. The van der Waals surface area contributed by atoms with Gasteiger partial charge < -0.3 is 5.32 Å². The molecule has 0 bridgehead atoms. The monoisotopic (exact) mass is 386 g/mol. The molecule has 2 atom stereocenters. The fourth-order valence-electron chi connectivity index (χ4n) is 3.42. The second-order valence-corrected chi connectivity index (χ2v) is 8.13. The smallest absolute Gasteiger partial charge is 0.279 e. The van der Waals surface area contributed by atoms with E-state index in [0.717, 1.165) is 29.5 Å². The summed E-state index contributed by atoms with van der Waals surface area (Å²) in [5.41, 5.74) is 1.24. The Hall–Kier alpha value is -2.61. The van der Waals surface area contributed by atoms with Crippen molar-refractivity contribution in [2.45, 2.75) is 39.2 Å². The molecule has 6 nitrogen and oxygen atoms in total. The zero-order valence-corrected chi connectivity index (χ0v) is 15.8. The van der Waals surface area contributed by atoms with Crippen LogP contribution in [0.4, 0.5) is 10.1 Å². The average Bonchev–Trinajstić information content (AvgIpc) is 3.01. The van der Waals surface area contributed by atoms with Crippen LogP contribution in [0.3, 0.4) is 0 Å². The molecule has 2 aromatic heterocycles. The van der Waals surface area contributed by atoms with Gasteiger partial charge in [-0.2, -0.15) is 4.68 Å². The summed E-state index contributed by atoms with van der Waals surface area (Å²) in [6.07, 6.45) is 2.85. The number of carbonyl (C=O) groups is 1. The van der Waals surface area contributed by atoms with Gasteiger partial charge in [0.05, 0.1) is 5.39 Å². The lowest BCUT2D eigenvalue weighted by Crippen LogP contribution is -2.34. The molecule has 0 fully saturated rings. The number of nitrogens with one attached hydrogen (secondary N) is 1. The molecule has 0 spiro atoms. The van der Waals surface area contributed by atoms with Crippen LogP contribution in [-0.4, -0.2) is 20.9 Å². The van der Waals surface area contributed by atoms with Crippen LogP contribution in [0.1, 0.15) is 36.8 Å². The van der Waals surface area contributed by atoms with E-state index in [0.29, 0.717) is 21.8 Å². The van der Waals surface area contributed by atoms with Crippen molar-refractivity contribution >= 4 is 33.1 Å². The number of amides is 1. The van der Waals surface area contributed by atoms with Crippen LogP contribution in [0.25, 0.3) is 10.2 Å². The number of hydrogen-bond donors (Lipinski definition) is 1. The van der Waals surface area contributed by atoms with Crippen molar-refractivity contribution < 1.29 is 9.18 Å². The third-order valence-electron chi connectivity index (χ3n) is 5.01. The lowest BCUT2D eigenvalue weighted by molar-refractivity contribution is -0.119. The minimum absolute atomic E-state index is 0.284. The Morgan fingerprint density at radius 3 is 2.85 bits per heavy atom. The summed E-state index contributed by atoms with van der Waals surface area (Å²) < 4.78 is 14.1. The normalized spacial score (nSPS) is 17.5. The molecular formula is C19H19FN4O2S. The van der Waals surface area contributed by atoms with Gasteiger partial charge in [0.2, 0.25) is 5.91 Å². The van der Waals surface area contributed by atoms with Crippen molar-refractivity contribution in [3.8, 4) is 0 Å². The highest BCUT2D eigenvalue weighted by molar-refractivity contribution is 7.18. The van der Waals surface area contributed by atoms with E-state index in [2.05, 4.69) is 22.6 Å². The summed E-state index contributed by atoms with van der Waals surface area (Å²) in [6.45, 7) is 3.81. The van der Waals surface area contributed by atoms with Gasteiger partial charge in [0.25, 0.3) is 5.56 Å². The van der Waals surface area contributed by atoms with Gasteiger partial charge in [-0.05, 0) is 61.9 Å². The Kier molecular flexibility index (Phi) is 4.51. The molecule has 2 heterocycles. The van der Waals surface area contributed by atoms with E-state index in [1.54, 1.807) is 6.92 Å². The molecule has 1 N–H and O–H groups in total. The average molecular weight is 386 g/mol. The van der Waals surface area contributed by atoms with Crippen molar-refractivity contribution in [2.24, 2.45) is 5.92 Å². The number of aromatic nitrogens is 3. The Morgan fingerprint density at radius 1 is 1.37 bits per heavy atom. The lowest BCUT2D eigenvalue weighted by atomic mass is 9.89. The first kappa shape index (κ1) is 17.8. The number of halogens is 1. The topological polar surface area (TPSA) is 76.9 Å². The van der Waals surface area contributed by atoms with Crippen LogP contribution in [0, 0.1) is 11.7 Å². The van der Waals surface area contributed by atoms with Gasteiger partial charge in [-0.25, -0.2) is 4.39 Å². The zero-order valence-electron chi connectivity index (χ0n) is 15.0. The summed E-state index contributed by atoms with van der Waals surface area (Å²) in [5.74, 6) is -0.193. The van der Waals surface area contributed by atoms with Crippen molar-refractivity contribution in [1.82, 2.24) is 15.0 Å². The number of anilines is 1. The molecule has 0 saturated heterocycles. The van der Waals surface area contributed by atoms with E-state index in [1.165, 1.54) is 40.5 Å². The Morgan fingerprint density at radius 2 is 2.11 bits per heavy atom. The van der Waals surface area contributed by atoms with E-state index in [9.17, 15) is 14.0 Å². The molecule has 27 heavy (non-hydrogen) atoms. The molecule has 4 rings (SSSR count). The van der Waals surface area contributed by atoms with E-state index < -0.39 is 11.9 Å². The summed E-state index contributed by atoms with van der Waals surface area (Å²) in [5, 5.41) is 11.5. The largest absolute Gasteiger partial charge is 0.324 e. The molecule has 1 aliphatic rings. The van der Waals surface area contributed by atoms with Gasteiger partial charge >= 0.3 is 0 Å². The van der Waals surface area contributed by atoms with Gasteiger partial charge in [-0.15, -0.1) is 16.4 Å². The second kappa shape index (κ2) is 6.84. The molecule has 0 saturated carbocycles. The van der Waals surface area contributed by atoms with Crippen molar-refractivity contribution in [1.29, 1.82) is 0 Å². The van der Waals surface area contributed by atoms with Crippen LogP contribution in [-0.2, 0) is 17.6 Å². The molecule has 8 heteroatoms. The predicted molar refractivity (Wildman–Crippen MR) is 103 cm³/mol. The Balaban J connectivity index is 1.66. The fourth-order valence-corrected chi connectivity index (χ4v) is 4.73. The predicted octanol–water partition coefficient (Wildman–Crippen LogP) is 3.32. The van der Waals surface area contributed by atoms with E-state index >= 15 is 0 Å². The van der Waals surface area contributed by atoms with Gasteiger partial charge in [-0.1, -0.05) is 12.1 Å². The summed E-state index contributed by atoms with van der Waals surface area (Å²) in [6, 6.07) is 4.62. The van der Waals surface area contributed by atoms with Gasteiger partial charge in [0.15, 0.2) is 4.83 Å². The SMILES string of the molecule is C[C@H]1CCc2c(sc3nnn([C@H](C)C(=O)Nc4ccc(F)cc4)c(=O)c23)C1. The number of benzene rings is 1. The number of fused-ring (bicyclic) bond motifs is 3. The summed E-state index contributed by atoms with van der Waals surface area (Å²) >= 11 is 1.53. The Labute approximate surface area is 159 Å². The third kappa shape index (κ3) is 3.25. The number of rotatable bonds is 3. The highest BCUT2D eigenvalue weighted by atomic mass is 32.1. The van der Waals surface area contributed by atoms with Gasteiger partial charge in [0.1, 0.15) is 11.9 Å². The van der Waals surface area contributed by atoms with Crippen molar-refractivity contribution in [2.75, 3.05) is 5.32 Å². The molecule has 0 radical (unpaired) electrons. The first-order chi connectivity index (χ1) is 12.9. The number of thiophene rings is 1. The summed E-state index contributed by atoms with van der Waals surface area (Å²) in [7, 11) is 0. The minimum atomic E-state index is -0.836. The van der Waals surface area contributed by atoms with E-state index in [1.807, 2.05) is 0 Å². The zero-order chi connectivity index (χ0) is 19.1. The number of hydrogen-bond acceptors (Lipinski definition) is 5. The third-order valence-corrected chi connectivity index (χ3v) is 6.14. The standard InChI is InChI=1S/C19H19FN4O2S/c1-10-3-8-14-15(9-10)27-18-16(14)19(26)24(23-22-18)11(2)17(25)21-13-6-4-12(20)5-7-13/h4-7,10-11H,3,8-9H2,1-2H3,(H,21,25)/t10-,11+/m0/s1. The first-order valence-electron chi connectivity index (χ1n) is 8.90. The number of carbonyl (C=O) groups excluding carboxylic acids is 1. The molecule has 1 amide bonds. The molecule has 0 unspecified atom stereocenters. The first-order valence-corrected chi connectivity index (χ1v) is 9.72. The maximum atomic E-state index is 13.0.